The van der Waals surface area contributed by atoms with E-state index in [-0.39, 0.29) is 17.1 Å². The first-order chi connectivity index (χ1) is 22.5. The lowest BCUT2D eigenvalue weighted by molar-refractivity contribution is -0.137. The summed E-state index contributed by atoms with van der Waals surface area (Å²) in [6.07, 6.45) is 8.26. The number of aromatic nitrogens is 2. The fourth-order valence-electron chi connectivity index (χ4n) is 9.22. The van der Waals surface area contributed by atoms with Gasteiger partial charge in [-0.25, -0.2) is 14.2 Å². The number of carbonyl (C=O) groups excluding carboxylic acids is 2. The highest BCUT2D eigenvalue weighted by Gasteiger charge is 2.46. The molecule has 252 valence electrons. The van der Waals surface area contributed by atoms with Crippen LogP contribution < -0.4 is 0 Å². The van der Waals surface area contributed by atoms with E-state index in [4.69, 9.17) is 9.72 Å². The number of carbonyl (C=O) groups is 2. The Balaban J connectivity index is 1.04. The summed E-state index contributed by atoms with van der Waals surface area (Å²) in [4.78, 5) is 37.9. The number of nitrogens with zero attached hydrogens (tertiary/aromatic N) is 5. The van der Waals surface area contributed by atoms with Gasteiger partial charge in [0.1, 0.15) is 23.3 Å². The maximum Gasteiger partial charge on any atom is 0.410 e. The van der Waals surface area contributed by atoms with Crippen molar-refractivity contribution in [3.05, 3.63) is 65.7 Å². The van der Waals surface area contributed by atoms with Crippen LogP contribution in [0, 0.1) is 12.7 Å². The van der Waals surface area contributed by atoms with Crippen LogP contribution in [0.4, 0.5) is 9.18 Å². The van der Waals surface area contributed by atoms with Crippen LogP contribution in [0.2, 0.25) is 0 Å². The number of para-hydroxylation sites is 2. The Morgan fingerprint density at radius 3 is 2.38 bits per heavy atom. The number of amides is 2. The number of benzene rings is 2. The van der Waals surface area contributed by atoms with Gasteiger partial charge in [-0.15, -0.1) is 0 Å². The van der Waals surface area contributed by atoms with Crippen molar-refractivity contribution >= 4 is 23.0 Å². The summed E-state index contributed by atoms with van der Waals surface area (Å²) in [5.74, 6) is 0.911. The van der Waals surface area contributed by atoms with Crippen LogP contribution in [-0.4, -0.2) is 86.2 Å². The van der Waals surface area contributed by atoms with Gasteiger partial charge >= 0.3 is 6.09 Å². The summed E-state index contributed by atoms with van der Waals surface area (Å²) in [6, 6.07) is 16.7. The Hall–Kier alpha value is -3.46. The number of fused-ring (bicyclic) bond motifs is 3. The Morgan fingerprint density at radius 1 is 0.957 bits per heavy atom. The van der Waals surface area contributed by atoms with Gasteiger partial charge in [0.25, 0.3) is 0 Å². The summed E-state index contributed by atoms with van der Waals surface area (Å²) < 4.78 is 22.8. The van der Waals surface area contributed by atoms with Gasteiger partial charge in [0.05, 0.1) is 11.0 Å². The highest BCUT2D eigenvalue weighted by molar-refractivity contribution is 5.86. The average molecular weight is 644 g/mol. The third-order valence-corrected chi connectivity index (χ3v) is 11.5. The normalized spacial score (nSPS) is 26.2. The molecule has 0 spiro atoms. The number of rotatable bonds is 6. The van der Waals surface area contributed by atoms with E-state index in [0.29, 0.717) is 44.2 Å². The largest absolute Gasteiger partial charge is 0.444 e. The Labute approximate surface area is 278 Å². The number of aryl methyl sites for hydroxylation is 1. The zero-order valence-corrected chi connectivity index (χ0v) is 28.5. The SMILES string of the molecule is Cc1nc2ccccc2n1C1C[C@H]2CC[C@@H](C1)N2CCC1(c2cccc(F)c2)CCN(C(=O)[C@@H]2CCCN2C(=O)OC(C)(C)C)CC1. The maximum atomic E-state index is 14.7. The van der Waals surface area contributed by atoms with Gasteiger partial charge in [0.2, 0.25) is 5.91 Å². The highest BCUT2D eigenvalue weighted by atomic mass is 19.1. The molecule has 2 amide bonds. The summed E-state index contributed by atoms with van der Waals surface area (Å²) in [5.41, 5.74) is 2.55. The molecule has 4 atom stereocenters. The predicted molar refractivity (Wildman–Crippen MR) is 181 cm³/mol. The zero-order chi connectivity index (χ0) is 32.9. The van der Waals surface area contributed by atoms with Crippen molar-refractivity contribution in [2.24, 2.45) is 0 Å². The van der Waals surface area contributed by atoms with Crippen LogP contribution in [0.25, 0.3) is 11.0 Å². The van der Waals surface area contributed by atoms with Crippen LogP contribution in [-0.2, 0) is 14.9 Å². The molecule has 0 radical (unpaired) electrons. The van der Waals surface area contributed by atoms with E-state index in [1.165, 1.54) is 24.4 Å². The first-order valence-corrected chi connectivity index (χ1v) is 17.8. The van der Waals surface area contributed by atoms with Crippen molar-refractivity contribution in [1.29, 1.82) is 0 Å². The lowest BCUT2D eigenvalue weighted by atomic mass is 9.70. The van der Waals surface area contributed by atoms with Crippen molar-refractivity contribution in [3.63, 3.8) is 0 Å². The molecule has 47 heavy (non-hydrogen) atoms. The molecule has 8 nitrogen and oxygen atoms in total. The molecular weight excluding hydrogens is 593 g/mol. The quantitative estimate of drug-likeness (QED) is 0.289. The van der Waals surface area contributed by atoms with E-state index in [1.54, 1.807) is 11.0 Å². The maximum absolute atomic E-state index is 14.7. The number of imidazole rings is 1. The second-order valence-electron chi connectivity index (χ2n) is 15.5. The van der Waals surface area contributed by atoms with Crippen LogP contribution in [0.5, 0.6) is 0 Å². The molecule has 0 aliphatic carbocycles. The van der Waals surface area contributed by atoms with Crippen LogP contribution in [0.1, 0.15) is 96.0 Å². The van der Waals surface area contributed by atoms with Crippen molar-refractivity contribution in [2.75, 3.05) is 26.2 Å². The average Bonchev–Trinajstić information content (AvgIpc) is 3.72. The molecule has 3 aromatic rings. The lowest BCUT2D eigenvalue weighted by Gasteiger charge is -2.46. The molecule has 0 saturated carbocycles. The minimum Gasteiger partial charge on any atom is -0.444 e. The molecule has 9 heteroatoms. The topological polar surface area (TPSA) is 70.9 Å². The molecule has 1 aromatic heterocycles. The van der Waals surface area contributed by atoms with Gasteiger partial charge in [0, 0.05) is 37.8 Å². The molecule has 4 saturated heterocycles. The number of hydrogen-bond donors (Lipinski definition) is 0. The van der Waals surface area contributed by atoms with Crippen LogP contribution in [0.15, 0.2) is 48.5 Å². The molecule has 5 heterocycles. The second kappa shape index (κ2) is 12.5. The Morgan fingerprint density at radius 2 is 1.68 bits per heavy atom. The number of hydrogen-bond acceptors (Lipinski definition) is 5. The van der Waals surface area contributed by atoms with Crippen molar-refractivity contribution in [1.82, 2.24) is 24.3 Å². The first kappa shape index (κ1) is 32.1. The van der Waals surface area contributed by atoms with Crippen molar-refractivity contribution < 1.29 is 18.7 Å². The Bertz CT molecular complexity index is 1610. The highest BCUT2D eigenvalue weighted by Crippen LogP contribution is 2.45. The van der Waals surface area contributed by atoms with E-state index in [0.717, 1.165) is 62.0 Å². The van der Waals surface area contributed by atoms with E-state index >= 15 is 0 Å². The van der Waals surface area contributed by atoms with Gasteiger partial charge in [0.15, 0.2) is 0 Å². The summed E-state index contributed by atoms with van der Waals surface area (Å²) in [5, 5.41) is 0. The minimum atomic E-state index is -0.607. The number of likely N-dealkylation sites (tertiary alicyclic amines) is 2. The first-order valence-electron chi connectivity index (χ1n) is 17.8. The summed E-state index contributed by atoms with van der Waals surface area (Å²) in [7, 11) is 0. The van der Waals surface area contributed by atoms with E-state index in [9.17, 15) is 14.0 Å². The van der Waals surface area contributed by atoms with E-state index in [2.05, 4.69) is 46.7 Å². The van der Waals surface area contributed by atoms with Crippen LogP contribution in [0.3, 0.4) is 0 Å². The minimum absolute atomic E-state index is 0.0173. The smallest absolute Gasteiger partial charge is 0.410 e. The van der Waals surface area contributed by atoms with Gasteiger partial charge in [-0.3, -0.25) is 14.6 Å². The molecule has 4 fully saturated rings. The van der Waals surface area contributed by atoms with E-state index < -0.39 is 17.7 Å². The summed E-state index contributed by atoms with van der Waals surface area (Å²) in [6.45, 7) is 10.4. The standard InChI is InChI=1S/C38H50FN5O3/c1-26-40-32-11-5-6-12-33(32)44(26)31-24-29-14-15-30(25-31)42(29)22-18-38(27-9-7-10-28(39)23-27)16-20-41(21-17-38)35(45)34-13-8-19-43(34)36(46)47-37(2,3)4/h5-7,9-12,23,29-31,34H,8,13-22,24-25H2,1-4H3/t29-,30+,31?,34-/m0/s1. The van der Waals surface area contributed by atoms with Crippen molar-refractivity contribution in [2.45, 2.75) is 121 Å². The molecule has 4 aliphatic rings. The van der Waals surface area contributed by atoms with Crippen LogP contribution >= 0.6 is 0 Å². The Kier molecular flexibility index (Phi) is 8.56. The fraction of sp³-hybridized carbons (Fsp3) is 0.605. The van der Waals surface area contributed by atoms with Gasteiger partial charge in [-0.2, -0.15) is 0 Å². The van der Waals surface area contributed by atoms with E-state index in [1.807, 2.05) is 31.7 Å². The predicted octanol–water partition coefficient (Wildman–Crippen LogP) is 7.00. The zero-order valence-electron chi connectivity index (χ0n) is 28.5. The third kappa shape index (κ3) is 6.28. The van der Waals surface area contributed by atoms with Crippen molar-refractivity contribution in [3.8, 4) is 0 Å². The fourth-order valence-corrected chi connectivity index (χ4v) is 9.22. The third-order valence-electron chi connectivity index (χ3n) is 11.5. The molecule has 4 aliphatic heterocycles. The molecular formula is C38H50FN5O3. The molecule has 7 rings (SSSR count). The number of halogens is 1. The lowest BCUT2D eigenvalue weighted by Crippen LogP contribution is -2.53. The monoisotopic (exact) mass is 643 g/mol. The molecule has 2 aromatic carbocycles. The molecule has 1 unspecified atom stereocenters. The van der Waals surface area contributed by atoms with Gasteiger partial charge < -0.3 is 14.2 Å². The second-order valence-corrected chi connectivity index (χ2v) is 15.5. The molecule has 2 bridgehead atoms. The number of piperidine rings is 2. The molecule has 0 N–H and O–H groups in total. The summed E-state index contributed by atoms with van der Waals surface area (Å²) >= 11 is 0. The number of ether oxygens (including phenoxy) is 1. The van der Waals surface area contributed by atoms with Gasteiger partial charge in [-0.05, 0) is 127 Å². The van der Waals surface area contributed by atoms with Gasteiger partial charge in [-0.1, -0.05) is 24.3 Å².